The monoisotopic (exact) mass is 405 g/mol. The Morgan fingerprint density at radius 1 is 1.10 bits per heavy atom. The van der Waals surface area contributed by atoms with Gasteiger partial charge in [0.2, 0.25) is 11.8 Å². The average Bonchev–Trinajstić information content (AvgIpc) is 2.67. The van der Waals surface area contributed by atoms with Crippen molar-refractivity contribution >= 4 is 11.8 Å². The Balaban J connectivity index is 2.62. The molecular weight excluding hydrogens is 366 g/mol. The molecule has 2 amide bonds. The molecule has 0 heterocycles. The van der Waals surface area contributed by atoms with Crippen LogP contribution in [0.15, 0.2) is 30.3 Å². The SMILES string of the molecule is CCC(CC)NC(=O)CC(C(=O)NCC(O)C(N)Cc1ccccc1)C(C)(C)C. The van der Waals surface area contributed by atoms with E-state index in [1.54, 1.807) is 0 Å². The van der Waals surface area contributed by atoms with E-state index in [4.69, 9.17) is 5.73 Å². The van der Waals surface area contributed by atoms with E-state index in [1.165, 1.54) is 0 Å². The predicted molar refractivity (Wildman–Crippen MR) is 117 cm³/mol. The minimum Gasteiger partial charge on any atom is -0.390 e. The summed E-state index contributed by atoms with van der Waals surface area (Å²) in [5, 5.41) is 16.1. The van der Waals surface area contributed by atoms with Crippen LogP contribution in [-0.2, 0) is 16.0 Å². The van der Waals surface area contributed by atoms with Crippen molar-refractivity contribution in [1.29, 1.82) is 0 Å². The normalized spacial score (nSPS) is 14.9. The second kappa shape index (κ2) is 11.9. The summed E-state index contributed by atoms with van der Waals surface area (Å²) < 4.78 is 0. The molecule has 0 saturated carbocycles. The maximum absolute atomic E-state index is 12.8. The van der Waals surface area contributed by atoms with Crippen LogP contribution >= 0.6 is 0 Å². The molecule has 3 unspecified atom stereocenters. The van der Waals surface area contributed by atoms with Gasteiger partial charge in [0.15, 0.2) is 0 Å². The number of aliphatic hydroxyl groups excluding tert-OH is 1. The van der Waals surface area contributed by atoms with E-state index < -0.39 is 18.1 Å². The highest BCUT2D eigenvalue weighted by molar-refractivity contribution is 5.86. The van der Waals surface area contributed by atoms with E-state index in [2.05, 4.69) is 10.6 Å². The van der Waals surface area contributed by atoms with Gasteiger partial charge in [0.25, 0.3) is 0 Å². The van der Waals surface area contributed by atoms with Crippen LogP contribution in [0.5, 0.6) is 0 Å². The summed E-state index contributed by atoms with van der Waals surface area (Å²) in [6.45, 7) is 9.95. The van der Waals surface area contributed by atoms with E-state index in [1.807, 2.05) is 65.0 Å². The van der Waals surface area contributed by atoms with Crippen molar-refractivity contribution in [3.63, 3.8) is 0 Å². The second-order valence-electron chi connectivity index (χ2n) is 8.87. The van der Waals surface area contributed by atoms with Crippen molar-refractivity contribution in [2.45, 2.75) is 78.5 Å². The first kappa shape index (κ1) is 25.1. The molecule has 1 rings (SSSR count). The highest BCUT2D eigenvalue weighted by Crippen LogP contribution is 2.29. The van der Waals surface area contributed by atoms with E-state index in [-0.39, 0.29) is 36.2 Å². The third-order valence-corrected chi connectivity index (χ3v) is 5.40. The predicted octanol–water partition coefficient (Wildman–Crippen LogP) is 2.39. The Labute approximate surface area is 175 Å². The highest BCUT2D eigenvalue weighted by Gasteiger charge is 2.34. The fourth-order valence-corrected chi connectivity index (χ4v) is 3.26. The summed E-state index contributed by atoms with van der Waals surface area (Å²) in [5.74, 6) is -0.840. The molecule has 0 fully saturated rings. The molecule has 0 aliphatic rings. The lowest BCUT2D eigenvalue weighted by molar-refractivity contribution is -0.134. The smallest absolute Gasteiger partial charge is 0.224 e. The summed E-state index contributed by atoms with van der Waals surface area (Å²) in [5.41, 5.74) is 6.75. The Morgan fingerprint density at radius 3 is 2.21 bits per heavy atom. The Bertz CT molecular complexity index is 624. The lowest BCUT2D eigenvalue weighted by Crippen LogP contribution is -2.48. The summed E-state index contributed by atoms with van der Waals surface area (Å²) in [6, 6.07) is 9.34. The van der Waals surface area contributed by atoms with E-state index >= 15 is 0 Å². The maximum Gasteiger partial charge on any atom is 0.224 e. The molecule has 0 aliphatic heterocycles. The van der Waals surface area contributed by atoms with Crippen molar-refractivity contribution < 1.29 is 14.7 Å². The average molecular weight is 406 g/mol. The van der Waals surface area contributed by atoms with Gasteiger partial charge < -0.3 is 21.5 Å². The molecule has 0 aromatic heterocycles. The lowest BCUT2D eigenvalue weighted by Gasteiger charge is -2.30. The molecule has 0 radical (unpaired) electrons. The molecule has 6 heteroatoms. The van der Waals surface area contributed by atoms with Crippen molar-refractivity contribution in [3.05, 3.63) is 35.9 Å². The van der Waals surface area contributed by atoms with Gasteiger partial charge in [0, 0.05) is 25.0 Å². The third kappa shape index (κ3) is 8.96. The van der Waals surface area contributed by atoms with Gasteiger partial charge in [-0.15, -0.1) is 0 Å². The van der Waals surface area contributed by atoms with Crippen molar-refractivity contribution in [3.8, 4) is 0 Å². The van der Waals surface area contributed by atoms with Gasteiger partial charge in [-0.05, 0) is 30.2 Å². The zero-order valence-corrected chi connectivity index (χ0v) is 18.6. The van der Waals surface area contributed by atoms with Crippen molar-refractivity contribution in [1.82, 2.24) is 10.6 Å². The van der Waals surface area contributed by atoms with E-state index in [9.17, 15) is 14.7 Å². The van der Waals surface area contributed by atoms with Gasteiger partial charge in [-0.25, -0.2) is 0 Å². The topological polar surface area (TPSA) is 104 Å². The van der Waals surface area contributed by atoms with Crippen molar-refractivity contribution in [2.24, 2.45) is 17.1 Å². The summed E-state index contributed by atoms with van der Waals surface area (Å²) >= 11 is 0. The van der Waals surface area contributed by atoms with Crippen LogP contribution in [0.2, 0.25) is 0 Å². The molecule has 0 aliphatic carbocycles. The first-order valence-corrected chi connectivity index (χ1v) is 10.6. The zero-order valence-electron chi connectivity index (χ0n) is 18.6. The first-order chi connectivity index (χ1) is 13.6. The summed E-state index contributed by atoms with van der Waals surface area (Å²) in [6.07, 6.45) is 1.51. The quantitative estimate of drug-likeness (QED) is 0.454. The second-order valence-corrected chi connectivity index (χ2v) is 8.87. The molecule has 6 nitrogen and oxygen atoms in total. The van der Waals surface area contributed by atoms with Crippen LogP contribution in [0.3, 0.4) is 0 Å². The fourth-order valence-electron chi connectivity index (χ4n) is 3.26. The number of aliphatic hydroxyl groups is 1. The van der Waals surface area contributed by atoms with Crippen LogP contribution in [-0.4, -0.2) is 41.7 Å². The fraction of sp³-hybridized carbons (Fsp3) is 0.652. The molecule has 0 saturated heterocycles. The van der Waals surface area contributed by atoms with Crippen LogP contribution in [0.25, 0.3) is 0 Å². The molecule has 1 aromatic rings. The minimum absolute atomic E-state index is 0.0631. The maximum atomic E-state index is 12.8. The standard InChI is InChI=1S/C23H39N3O3/c1-6-17(7-2)26-21(28)14-18(23(3,4)5)22(29)25-15-20(27)19(24)13-16-11-9-8-10-12-16/h8-12,17-20,27H,6-7,13-15,24H2,1-5H3,(H,25,29)(H,26,28). The number of hydrogen-bond donors (Lipinski definition) is 4. The van der Waals surface area contributed by atoms with Crippen LogP contribution < -0.4 is 16.4 Å². The summed E-state index contributed by atoms with van der Waals surface area (Å²) in [4.78, 5) is 25.2. The molecular formula is C23H39N3O3. The number of carbonyl (C=O) groups excluding carboxylic acids is 2. The number of rotatable bonds is 11. The largest absolute Gasteiger partial charge is 0.390 e. The minimum atomic E-state index is -0.863. The highest BCUT2D eigenvalue weighted by atomic mass is 16.3. The molecule has 0 spiro atoms. The van der Waals surface area contributed by atoms with Gasteiger partial charge in [-0.3, -0.25) is 9.59 Å². The van der Waals surface area contributed by atoms with Gasteiger partial charge in [-0.1, -0.05) is 65.0 Å². The van der Waals surface area contributed by atoms with Gasteiger partial charge in [0.05, 0.1) is 12.0 Å². The van der Waals surface area contributed by atoms with Gasteiger partial charge >= 0.3 is 0 Å². The number of nitrogens with one attached hydrogen (secondary N) is 2. The van der Waals surface area contributed by atoms with E-state index in [0.717, 1.165) is 18.4 Å². The zero-order chi connectivity index (χ0) is 22.0. The van der Waals surface area contributed by atoms with Crippen LogP contribution in [0, 0.1) is 11.3 Å². The first-order valence-electron chi connectivity index (χ1n) is 10.6. The van der Waals surface area contributed by atoms with E-state index in [0.29, 0.717) is 6.42 Å². The van der Waals surface area contributed by atoms with Crippen LogP contribution in [0.4, 0.5) is 0 Å². The van der Waals surface area contributed by atoms with Crippen LogP contribution in [0.1, 0.15) is 59.4 Å². The Hall–Kier alpha value is -1.92. The molecule has 29 heavy (non-hydrogen) atoms. The van der Waals surface area contributed by atoms with Gasteiger partial charge in [-0.2, -0.15) is 0 Å². The Morgan fingerprint density at radius 2 is 1.69 bits per heavy atom. The Kier molecular flexibility index (Phi) is 10.3. The number of carbonyl (C=O) groups is 2. The number of amides is 2. The third-order valence-electron chi connectivity index (χ3n) is 5.40. The number of benzene rings is 1. The molecule has 3 atom stereocenters. The molecule has 0 bridgehead atoms. The van der Waals surface area contributed by atoms with Gasteiger partial charge in [0.1, 0.15) is 0 Å². The number of nitrogens with two attached hydrogens (primary N) is 1. The molecule has 1 aromatic carbocycles. The van der Waals surface area contributed by atoms with Crippen molar-refractivity contribution in [2.75, 3.05) is 6.54 Å². The molecule has 164 valence electrons. The summed E-state index contributed by atoms with van der Waals surface area (Å²) in [7, 11) is 0. The lowest BCUT2D eigenvalue weighted by atomic mass is 9.78. The number of hydrogen-bond acceptors (Lipinski definition) is 4. The molecule has 5 N–H and O–H groups in total.